The van der Waals surface area contributed by atoms with Gasteiger partial charge in [-0.2, -0.15) is 0 Å². The van der Waals surface area contributed by atoms with Crippen LogP contribution in [0, 0.1) is 6.92 Å². The maximum atomic E-state index is 12.1. The predicted octanol–water partition coefficient (Wildman–Crippen LogP) is 5.25. The van der Waals surface area contributed by atoms with Crippen LogP contribution >= 0.6 is 23.1 Å². The number of hydrogen-bond donors (Lipinski definition) is 1. The first kappa shape index (κ1) is 18.5. The molecule has 0 saturated heterocycles. The van der Waals surface area contributed by atoms with E-state index in [-0.39, 0.29) is 12.3 Å². The zero-order valence-electron chi connectivity index (χ0n) is 14.7. The van der Waals surface area contributed by atoms with Crippen molar-refractivity contribution in [3.8, 4) is 16.9 Å². The van der Waals surface area contributed by atoms with Gasteiger partial charge in [0, 0.05) is 5.56 Å². The monoisotopic (exact) mass is 384 g/mol. The first-order valence-electron chi connectivity index (χ1n) is 8.26. The second-order valence-corrected chi connectivity index (χ2v) is 7.68. The highest BCUT2D eigenvalue weighted by Gasteiger charge is 2.11. The largest absolute Gasteiger partial charge is 0.492 e. The van der Waals surface area contributed by atoms with Gasteiger partial charge < -0.3 is 10.1 Å². The lowest BCUT2D eigenvalue weighted by Gasteiger charge is -2.11. The number of carbonyl (C=O) groups excluding carboxylic acids is 1. The second-order valence-electron chi connectivity index (χ2n) is 5.60. The fourth-order valence-electron chi connectivity index (χ4n) is 2.51. The molecule has 4 nitrogen and oxygen atoms in total. The minimum Gasteiger partial charge on any atom is -0.492 e. The Bertz CT molecular complexity index is 879. The molecule has 0 aliphatic carbocycles. The lowest BCUT2D eigenvalue weighted by molar-refractivity contribution is -0.116. The molecule has 134 valence electrons. The molecule has 0 aliphatic heterocycles. The Kier molecular flexibility index (Phi) is 6.30. The number of nitrogens with one attached hydrogen (secondary N) is 1. The van der Waals surface area contributed by atoms with Crippen molar-refractivity contribution in [3.05, 3.63) is 60.3 Å². The number of para-hydroxylation sites is 1. The van der Waals surface area contributed by atoms with E-state index in [0.717, 1.165) is 26.8 Å². The molecule has 0 radical (unpaired) electrons. The predicted molar refractivity (Wildman–Crippen MR) is 109 cm³/mol. The van der Waals surface area contributed by atoms with E-state index >= 15 is 0 Å². The minimum absolute atomic E-state index is 0.0939. The van der Waals surface area contributed by atoms with Gasteiger partial charge in [0.05, 0.1) is 22.9 Å². The molecule has 3 aromatic rings. The summed E-state index contributed by atoms with van der Waals surface area (Å²) in [5.41, 5.74) is 3.06. The van der Waals surface area contributed by atoms with Gasteiger partial charge in [-0.15, -0.1) is 11.8 Å². The lowest BCUT2D eigenvalue weighted by atomic mass is 10.1. The summed E-state index contributed by atoms with van der Waals surface area (Å²) in [6.45, 7) is 2.26. The molecule has 0 fully saturated rings. The van der Waals surface area contributed by atoms with Crippen LogP contribution in [-0.2, 0) is 4.79 Å². The molecule has 0 atom stereocenters. The summed E-state index contributed by atoms with van der Waals surface area (Å²) in [6, 6.07) is 17.9. The quantitative estimate of drug-likeness (QED) is 0.565. The summed E-state index contributed by atoms with van der Waals surface area (Å²) in [6.07, 6.45) is 2.28. The fraction of sp³-hybridized carbons (Fsp3) is 0.200. The van der Waals surface area contributed by atoms with E-state index in [2.05, 4.69) is 10.3 Å². The average molecular weight is 385 g/mol. The molecule has 3 rings (SSSR count). The number of rotatable bonds is 7. The lowest BCUT2D eigenvalue weighted by Crippen LogP contribution is -2.15. The number of thioether (sulfide) groups is 1. The Morgan fingerprint density at radius 3 is 2.62 bits per heavy atom. The molecule has 1 amide bonds. The Morgan fingerprint density at radius 2 is 1.88 bits per heavy atom. The van der Waals surface area contributed by atoms with Crippen molar-refractivity contribution in [1.82, 2.24) is 4.98 Å². The van der Waals surface area contributed by atoms with Crippen LogP contribution in [0.3, 0.4) is 0 Å². The number of aryl methyl sites for hydroxylation is 1. The van der Waals surface area contributed by atoms with Crippen molar-refractivity contribution in [2.24, 2.45) is 0 Å². The van der Waals surface area contributed by atoms with Crippen molar-refractivity contribution in [2.75, 3.05) is 18.2 Å². The highest BCUT2D eigenvalue weighted by atomic mass is 32.2. The SMILES string of the molecule is CSc1sc(NC(=O)CCOc2ccccc2-c2ccccc2)nc1C. The molecule has 0 unspecified atom stereocenters. The Morgan fingerprint density at radius 1 is 1.15 bits per heavy atom. The number of ether oxygens (including phenoxy) is 1. The van der Waals surface area contributed by atoms with Crippen LogP contribution in [0.4, 0.5) is 5.13 Å². The maximum Gasteiger partial charge on any atom is 0.229 e. The standard InChI is InChI=1S/C20H20N2O2S2/c1-14-19(25-2)26-20(21-14)22-18(23)12-13-24-17-11-7-6-10-16(17)15-8-4-3-5-9-15/h3-11H,12-13H2,1-2H3,(H,21,22,23). The smallest absolute Gasteiger partial charge is 0.229 e. The van der Waals surface area contributed by atoms with Gasteiger partial charge in [0.25, 0.3) is 0 Å². The van der Waals surface area contributed by atoms with E-state index in [9.17, 15) is 4.79 Å². The summed E-state index contributed by atoms with van der Waals surface area (Å²) >= 11 is 3.13. The molecule has 1 aromatic heterocycles. The van der Waals surface area contributed by atoms with Gasteiger partial charge in [-0.3, -0.25) is 4.79 Å². The van der Waals surface area contributed by atoms with Gasteiger partial charge in [0.15, 0.2) is 5.13 Å². The molecule has 0 saturated carbocycles. The van der Waals surface area contributed by atoms with Crippen LogP contribution in [0.2, 0.25) is 0 Å². The number of carbonyl (C=O) groups is 1. The van der Waals surface area contributed by atoms with Crippen LogP contribution in [0.15, 0.2) is 58.8 Å². The van der Waals surface area contributed by atoms with E-state index < -0.39 is 0 Å². The summed E-state index contributed by atoms with van der Waals surface area (Å²) in [4.78, 5) is 16.5. The number of amides is 1. The van der Waals surface area contributed by atoms with Gasteiger partial charge in [0.1, 0.15) is 5.75 Å². The van der Waals surface area contributed by atoms with Gasteiger partial charge >= 0.3 is 0 Å². The van der Waals surface area contributed by atoms with E-state index in [1.165, 1.54) is 11.3 Å². The molecular formula is C20H20N2O2S2. The molecule has 1 N–H and O–H groups in total. The number of benzene rings is 2. The van der Waals surface area contributed by atoms with Gasteiger partial charge in [-0.25, -0.2) is 4.98 Å². The zero-order chi connectivity index (χ0) is 18.4. The third-order valence-corrected chi connectivity index (χ3v) is 6.03. The maximum absolute atomic E-state index is 12.1. The first-order chi connectivity index (χ1) is 12.7. The number of anilines is 1. The molecular weight excluding hydrogens is 364 g/mol. The van der Waals surface area contributed by atoms with E-state index in [1.54, 1.807) is 11.8 Å². The number of nitrogens with zero attached hydrogens (tertiary/aromatic N) is 1. The van der Waals surface area contributed by atoms with E-state index in [1.807, 2.05) is 67.8 Å². The van der Waals surface area contributed by atoms with Gasteiger partial charge in [-0.05, 0) is 24.8 Å². The molecule has 26 heavy (non-hydrogen) atoms. The Hall–Kier alpha value is -2.31. The van der Waals surface area contributed by atoms with Crippen molar-refractivity contribution < 1.29 is 9.53 Å². The Labute approximate surface area is 161 Å². The molecule has 0 spiro atoms. The number of hydrogen-bond acceptors (Lipinski definition) is 5. The van der Waals surface area contributed by atoms with E-state index in [4.69, 9.17) is 4.74 Å². The number of aromatic nitrogens is 1. The highest BCUT2D eigenvalue weighted by Crippen LogP contribution is 2.31. The van der Waals surface area contributed by atoms with Crippen LogP contribution in [-0.4, -0.2) is 23.8 Å². The second kappa shape index (κ2) is 8.87. The van der Waals surface area contributed by atoms with Crippen molar-refractivity contribution in [3.63, 3.8) is 0 Å². The highest BCUT2D eigenvalue weighted by molar-refractivity contribution is 8.00. The van der Waals surface area contributed by atoms with Crippen LogP contribution in [0.5, 0.6) is 5.75 Å². The normalized spacial score (nSPS) is 10.5. The van der Waals surface area contributed by atoms with Crippen LogP contribution in [0.25, 0.3) is 11.1 Å². The summed E-state index contributed by atoms with van der Waals surface area (Å²) in [5, 5.41) is 3.49. The topological polar surface area (TPSA) is 51.2 Å². The third-order valence-electron chi connectivity index (χ3n) is 3.74. The molecule has 0 bridgehead atoms. The van der Waals surface area contributed by atoms with Crippen LogP contribution in [0.1, 0.15) is 12.1 Å². The van der Waals surface area contributed by atoms with Gasteiger partial charge in [-0.1, -0.05) is 59.9 Å². The van der Waals surface area contributed by atoms with E-state index in [0.29, 0.717) is 11.7 Å². The zero-order valence-corrected chi connectivity index (χ0v) is 16.3. The summed E-state index contributed by atoms with van der Waals surface area (Å²) in [5.74, 6) is 0.685. The summed E-state index contributed by atoms with van der Waals surface area (Å²) < 4.78 is 6.99. The summed E-state index contributed by atoms with van der Waals surface area (Å²) in [7, 11) is 0. The minimum atomic E-state index is -0.0939. The van der Waals surface area contributed by atoms with Crippen LogP contribution < -0.4 is 10.1 Å². The number of thiazole rings is 1. The molecule has 0 aliphatic rings. The first-order valence-corrected chi connectivity index (χ1v) is 10.3. The Balaban J connectivity index is 1.57. The molecule has 2 aromatic carbocycles. The fourth-order valence-corrected chi connectivity index (χ4v) is 4.14. The van der Waals surface area contributed by atoms with Crippen molar-refractivity contribution in [2.45, 2.75) is 17.6 Å². The van der Waals surface area contributed by atoms with Crippen molar-refractivity contribution >= 4 is 34.1 Å². The van der Waals surface area contributed by atoms with Gasteiger partial charge in [0.2, 0.25) is 5.91 Å². The van der Waals surface area contributed by atoms with Crippen molar-refractivity contribution in [1.29, 1.82) is 0 Å². The third kappa shape index (κ3) is 4.65. The molecule has 1 heterocycles. The molecule has 6 heteroatoms. The average Bonchev–Trinajstić information content (AvgIpc) is 3.02.